The molecule has 1 atom stereocenters. The lowest BCUT2D eigenvalue weighted by Gasteiger charge is -2.18. The summed E-state index contributed by atoms with van der Waals surface area (Å²) in [7, 11) is 0. The Labute approximate surface area is 155 Å². The smallest absolute Gasteiger partial charge is 0.237 e. The summed E-state index contributed by atoms with van der Waals surface area (Å²) < 4.78 is 0.930. The Bertz CT molecular complexity index is 807. The third kappa shape index (κ3) is 3.97. The van der Waals surface area contributed by atoms with Gasteiger partial charge in [-0.15, -0.1) is 0 Å². The van der Waals surface area contributed by atoms with Gasteiger partial charge in [-0.1, -0.05) is 59.4 Å². The predicted molar refractivity (Wildman–Crippen MR) is 107 cm³/mol. The molecule has 24 heavy (non-hydrogen) atoms. The topological polar surface area (TPSA) is 41.5 Å². The van der Waals surface area contributed by atoms with Crippen molar-refractivity contribution in [3.8, 4) is 0 Å². The van der Waals surface area contributed by atoms with Crippen molar-refractivity contribution in [2.45, 2.75) is 24.9 Å². The average molecular weight is 377 g/mol. The lowest BCUT2D eigenvalue weighted by molar-refractivity contribution is -0.115. The van der Waals surface area contributed by atoms with Crippen LogP contribution in [0.4, 0.5) is 11.4 Å². The number of nitrogens with zero attached hydrogens (tertiary/aromatic N) is 1. The van der Waals surface area contributed by atoms with Crippen LogP contribution in [0.15, 0.2) is 47.5 Å². The molecule has 2 aromatic rings. The Morgan fingerprint density at radius 3 is 2.92 bits per heavy atom. The zero-order chi connectivity index (χ0) is 17.1. The van der Waals surface area contributed by atoms with Crippen LogP contribution in [0.3, 0.4) is 0 Å². The number of amides is 1. The van der Waals surface area contributed by atoms with Crippen molar-refractivity contribution < 1.29 is 4.79 Å². The van der Waals surface area contributed by atoms with Crippen LogP contribution >= 0.6 is 35.1 Å². The van der Waals surface area contributed by atoms with E-state index in [0.29, 0.717) is 5.02 Å². The normalized spacial score (nSPS) is 14.5. The first-order valence-corrected chi connectivity index (χ1v) is 9.81. The van der Waals surface area contributed by atoms with Gasteiger partial charge < -0.3 is 5.32 Å². The van der Waals surface area contributed by atoms with Gasteiger partial charge >= 0.3 is 0 Å². The first kappa shape index (κ1) is 17.4. The van der Waals surface area contributed by atoms with Crippen LogP contribution in [-0.4, -0.2) is 15.5 Å². The fraction of sp³-hybridized carbons (Fsp3) is 0.222. The van der Waals surface area contributed by atoms with Gasteiger partial charge in [0, 0.05) is 16.5 Å². The van der Waals surface area contributed by atoms with Crippen molar-refractivity contribution in [3.63, 3.8) is 0 Å². The number of aliphatic imine (C=N–C) groups is 1. The number of halogens is 1. The van der Waals surface area contributed by atoms with E-state index in [1.807, 2.05) is 50.2 Å². The fourth-order valence-electron chi connectivity index (χ4n) is 2.25. The van der Waals surface area contributed by atoms with Crippen LogP contribution in [0.1, 0.15) is 18.1 Å². The van der Waals surface area contributed by atoms with E-state index in [1.54, 1.807) is 11.8 Å². The quantitative estimate of drug-likeness (QED) is 0.753. The van der Waals surface area contributed by atoms with E-state index >= 15 is 0 Å². The molecule has 124 valence electrons. The molecule has 1 N–H and O–H groups in total. The molecule has 0 saturated heterocycles. The highest BCUT2D eigenvalue weighted by atomic mass is 35.5. The third-order valence-corrected chi connectivity index (χ3v) is 6.43. The van der Waals surface area contributed by atoms with Crippen LogP contribution in [0.2, 0.25) is 5.02 Å². The van der Waals surface area contributed by atoms with Gasteiger partial charge in [-0.25, -0.2) is 4.99 Å². The molecule has 3 rings (SSSR count). The SMILES string of the molecule is Cc1c(Cl)cccc1NC(=O)C(C)SC1=Nc2ccccc2CS1. The van der Waals surface area contributed by atoms with Crippen molar-refractivity contribution in [2.24, 2.45) is 4.99 Å². The molecule has 0 aromatic heterocycles. The number of benzene rings is 2. The largest absolute Gasteiger partial charge is 0.325 e. The average Bonchev–Trinajstić information content (AvgIpc) is 2.58. The summed E-state index contributed by atoms with van der Waals surface area (Å²) in [6, 6.07) is 13.6. The summed E-state index contributed by atoms with van der Waals surface area (Å²) >= 11 is 9.27. The number of carbonyl (C=O) groups is 1. The molecule has 0 radical (unpaired) electrons. The number of anilines is 1. The molecule has 6 heteroatoms. The van der Waals surface area contributed by atoms with E-state index < -0.39 is 0 Å². The van der Waals surface area contributed by atoms with Gasteiger partial charge in [0.05, 0.1) is 10.9 Å². The molecule has 1 aliphatic heterocycles. The summed E-state index contributed by atoms with van der Waals surface area (Å²) in [5.41, 5.74) is 3.86. The second-order valence-corrected chi connectivity index (χ2v) is 8.42. The minimum absolute atomic E-state index is 0.0486. The van der Waals surface area contributed by atoms with E-state index in [1.165, 1.54) is 17.3 Å². The molecule has 2 aromatic carbocycles. The van der Waals surface area contributed by atoms with Crippen LogP contribution < -0.4 is 5.32 Å². The maximum absolute atomic E-state index is 12.5. The number of para-hydroxylation sites is 1. The summed E-state index contributed by atoms with van der Waals surface area (Å²) in [4.78, 5) is 17.1. The second kappa shape index (κ2) is 7.64. The Hall–Kier alpha value is -1.43. The number of hydrogen-bond acceptors (Lipinski definition) is 4. The monoisotopic (exact) mass is 376 g/mol. The summed E-state index contributed by atoms with van der Waals surface area (Å²) in [5, 5.41) is 3.36. The van der Waals surface area contributed by atoms with Gasteiger partial charge in [0.2, 0.25) is 5.91 Å². The Kier molecular flexibility index (Phi) is 5.54. The number of hydrogen-bond donors (Lipinski definition) is 1. The second-order valence-electron chi connectivity index (χ2n) is 5.46. The standard InChI is InChI=1S/C18H17ClN2OS2/c1-11-14(19)7-5-9-15(11)20-17(22)12(2)24-18-21-16-8-4-3-6-13(16)10-23-18/h3-9,12H,10H2,1-2H3,(H,20,22). The van der Waals surface area contributed by atoms with Crippen molar-refractivity contribution in [1.29, 1.82) is 0 Å². The highest BCUT2D eigenvalue weighted by Crippen LogP contribution is 2.36. The van der Waals surface area contributed by atoms with Crippen LogP contribution in [0.5, 0.6) is 0 Å². The molecule has 3 nitrogen and oxygen atoms in total. The van der Waals surface area contributed by atoms with E-state index in [4.69, 9.17) is 11.6 Å². The maximum atomic E-state index is 12.5. The lowest BCUT2D eigenvalue weighted by Crippen LogP contribution is -2.24. The van der Waals surface area contributed by atoms with Crippen molar-refractivity contribution in [3.05, 3.63) is 58.6 Å². The van der Waals surface area contributed by atoms with Gasteiger partial charge in [0.25, 0.3) is 0 Å². The Morgan fingerprint density at radius 2 is 2.08 bits per heavy atom. The van der Waals surface area contributed by atoms with Crippen molar-refractivity contribution in [1.82, 2.24) is 0 Å². The summed E-state index contributed by atoms with van der Waals surface area (Å²) in [6.07, 6.45) is 0. The van der Waals surface area contributed by atoms with Gasteiger partial charge in [-0.05, 0) is 43.2 Å². The first-order valence-electron chi connectivity index (χ1n) is 7.56. The minimum Gasteiger partial charge on any atom is -0.325 e. The molecule has 1 unspecified atom stereocenters. The van der Waals surface area contributed by atoms with E-state index in [9.17, 15) is 4.79 Å². The highest BCUT2D eigenvalue weighted by molar-refractivity contribution is 8.39. The molecule has 0 spiro atoms. The van der Waals surface area contributed by atoms with Crippen LogP contribution in [0, 0.1) is 6.92 Å². The molecular formula is C18H17ClN2OS2. The molecule has 1 heterocycles. The van der Waals surface area contributed by atoms with Crippen molar-refractivity contribution >= 4 is 56.8 Å². The van der Waals surface area contributed by atoms with Gasteiger partial charge in [-0.3, -0.25) is 4.79 Å². The predicted octanol–water partition coefficient (Wildman–Crippen LogP) is 5.64. The number of carbonyl (C=O) groups excluding carboxylic acids is 1. The lowest BCUT2D eigenvalue weighted by atomic mass is 10.2. The molecule has 0 aliphatic carbocycles. The highest BCUT2D eigenvalue weighted by Gasteiger charge is 2.20. The molecule has 1 aliphatic rings. The zero-order valence-electron chi connectivity index (χ0n) is 13.4. The molecular weight excluding hydrogens is 360 g/mol. The number of nitrogens with one attached hydrogen (secondary N) is 1. The first-order chi connectivity index (χ1) is 11.5. The summed E-state index contributed by atoms with van der Waals surface area (Å²) in [6.45, 7) is 3.79. The molecule has 0 bridgehead atoms. The fourth-order valence-corrected chi connectivity index (χ4v) is 4.62. The van der Waals surface area contributed by atoms with Gasteiger partial charge in [-0.2, -0.15) is 0 Å². The number of thioether (sulfide) groups is 2. The van der Waals surface area contributed by atoms with Gasteiger partial charge in [0.15, 0.2) is 0 Å². The summed E-state index contributed by atoms with van der Waals surface area (Å²) in [5.74, 6) is 0.844. The number of rotatable bonds is 3. The van der Waals surface area contributed by atoms with E-state index in [0.717, 1.165) is 27.1 Å². The van der Waals surface area contributed by atoms with Gasteiger partial charge in [0.1, 0.15) is 4.38 Å². The molecule has 0 saturated carbocycles. The Morgan fingerprint density at radius 1 is 1.29 bits per heavy atom. The van der Waals surface area contributed by atoms with E-state index in [-0.39, 0.29) is 11.2 Å². The zero-order valence-corrected chi connectivity index (χ0v) is 15.8. The minimum atomic E-state index is -0.236. The maximum Gasteiger partial charge on any atom is 0.237 e. The van der Waals surface area contributed by atoms with Crippen molar-refractivity contribution in [2.75, 3.05) is 5.32 Å². The third-order valence-electron chi connectivity index (χ3n) is 3.73. The van der Waals surface area contributed by atoms with E-state index in [2.05, 4.69) is 16.4 Å². The molecule has 0 fully saturated rings. The number of fused-ring (bicyclic) bond motifs is 1. The van der Waals surface area contributed by atoms with Crippen LogP contribution in [0.25, 0.3) is 0 Å². The Balaban J connectivity index is 1.67. The van der Waals surface area contributed by atoms with Crippen LogP contribution in [-0.2, 0) is 10.5 Å². The molecule has 1 amide bonds.